The molecule has 4 saturated heterocycles. The van der Waals surface area contributed by atoms with Crippen LogP contribution in [0.5, 0.6) is 0 Å². The van der Waals surface area contributed by atoms with Crippen molar-refractivity contribution < 1.29 is 4.74 Å². The van der Waals surface area contributed by atoms with E-state index in [1.54, 1.807) is 6.20 Å². The fourth-order valence-corrected chi connectivity index (χ4v) is 6.03. The summed E-state index contributed by atoms with van der Waals surface area (Å²) in [5.74, 6) is 0. The number of nitrogens with zero attached hydrogens (tertiary/aromatic N) is 6. The fraction of sp³-hybridized carbons (Fsp3) is 0.464. The van der Waals surface area contributed by atoms with Gasteiger partial charge in [-0.1, -0.05) is 0 Å². The van der Waals surface area contributed by atoms with Gasteiger partial charge < -0.3 is 19.9 Å². The summed E-state index contributed by atoms with van der Waals surface area (Å²) in [5.41, 5.74) is 4.86. The predicted octanol–water partition coefficient (Wildman–Crippen LogP) is 2.78. The Labute approximate surface area is 212 Å². The van der Waals surface area contributed by atoms with E-state index in [4.69, 9.17) is 9.72 Å². The average Bonchev–Trinajstić information content (AvgIpc) is 3.26. The molecule has 1 aromatic carbocycles. The maximum absolute atomic E-state index is 9.50. The molecule has 4 aliphatic rings. The number of piperazine rings is 1. The summed E-state index contributed by atoms with van der Waals surface area (Å²) >= 11 is 0. The molecule has 6 heterocycles. The number of pyridine rings is 2. The molecule has 8 heteroatoms. The maximum Gasteiger partial charge on any atom is 0.101 e. The number of benzene rings is 1. The van der Waals surface area contributed by atoms with Crippen molar-refractivity contribution >= 4 is 22.3 Å². The van der Waals surface area contributed by atoms with Gasteiger partial charge in [0.25, 0.3) is 0 Å². The Bertz CT molecular complexity index is 1260. The number of rotatable bonds is 4. The highest BCUT2D eigenvalue weighted by molar-refractivity contribution is 5.95. The van der Waals surface area contributed by atoms with Gasteiger partial charge in [0.1, 0.15) is 6.07 Å². The van der Waals surface area contributed by atoms with Crippen LogP contribution in [0, 0.1) is 11.3 Å². The molecular weight excluding hydrogens is 450 g/mol. The topological polar surface area (TPSA) is 80.6 Å². The number of hydrogen-bond donors (Lipinski definition) is 1. The van der Waals surface area contributed by atoms with Crippen LogP contribution in [0.4, 0.5) is 11.4 Å². The monoisotopic (exact) mass is 483 g/mol. The lowest BCUT2D eigenvalue weighted by Gasteiger charge is -2.45. The molecular formula is C28H33N7O. The van der Waals surface area contributed by atoms with Crippen LogP contribution in [0.1, 0.15) is 25.1 Å². The lowest BCUT2D eigenvalue weighted by atomic mass is 10.0. The summed E-state index contributed by atoms with van der Waals surface area (Å²) in [6, 6.07) is 15.8. The number of hydrogen-bond acceptors (Lipinski definition) is 8. The molecule has 0 amide bonds. The van der Waals surface area contributed by atoms with Crippen molar-refractivity contribution in [2.75, 3.05) is 49.1 Å². The second-order valence-electron chi connectivity index (χ2n) is 10.3. The third-order valence-corrected chi connectivity index (χ3v) is 7.91. The van der Waals surface area contributed by atoms with E-state index in [9.17, 15) is 5.26 Å². The van der Waals surface area contributed by atoms with Gasteiger partial charge >= 0.3 is 0 Å². The van der Waals surface area contributed by atoms with Crippen molar-refractivity contribution in [3.8, 4) is 6.07 Å². The zero-order valence-electron chi connectivity index (χ0n) is 21.0. The van der Waals surface area contributed by atoms with E-state index in [0.717, 1.165) is 68.2 Å². The molecule has 0 spiro atoms. The minimum absolute atomic E-state index is 0.255. The van der Waals surface area contributed by atoms with Gasteiger partial charge in [0.05, 0.1) is 47.4 Å². The molecule has 3 aromatic rings. The molecule has 4 aliphatic heterocycles. The largest absolute Gasteiger partial charge is 0.373 e. The summed E-state index contributed by atoms with van der Waals surface area (Å²) in [6.45, 7) is 10.9. The molecule has 2 bridgehead atoms. The highest BCUT2D eigenvalue weighted by Gasteiger charge is 2.33. The second-order valence-corrected chi connectivity index (χ2v) is 10.3. The van der Waals surface area contributed by atoms with Crippen molar-refractivity contribution in [2.24, 2.45) is 0 Å². The Balaban J connectivity index is 1.16. The van der Waals surface area contributed by atoms with Crippen molar-refractivity contribution in [1.29, 1.82) is 5.26 Å². The van der Waals surface area contributed by atoms with Gasteiger partial charge in [0, 0.05) is 68.6 Å². The number of nitrogens with one attached hydrogen (secondary N) is 1. The standard InChI is InChI=1S/C28H33N7O/c1-19-14-33(27-8-5-21(10-29)28-26(27)4-3-9-31-28)15-20(2)34(19)16-22-6-7-23(12-32-22)35-17-25-13-30-11-24(35)18-36-25/h3-9,12,19-20,24-25,30H,11,13-18H2,1-2H3/t19-,20+,24?,25?. The number of morpholine rings is 1. The first-order chi connectivity index (χ1) is 17.6. The second kappa shape index (κ2) is 9.66. The van der Waals surface area contributed by atoms with Crippen molar-refractivity contribution in [3.05, 3.63) is 60.0 Å². The fourth-order valence-electron chi connectivity index (χ4n) is 6.03. The van der Waals surface area contributed by atoms with Crippen LogP contribution in [0.25, 0.3) is 10.9 Å². The Hall–Kier alpha value is -3.25. The molecule has 36 heavy (non-hydrogen) atoms. The summed E-state index contributed by atoms with van der Waals surface area (Å²) in [6.07, 6.45) is 4.05. The normalized spacial score (nSPS) is 26.7. The summed E-state index contributed by atoms with van der Waals surface area (Å²) in [4.78, 5) is 16.8. The number of aromatic nitrogens is 2. The van der Waals surface area contributed by atoms with Crippen LogP contribution in [0.2, 0.25) is 0 Å². The smallest absolute Gasteiger partial charge is 0.101 e. The molecule has 7 rings (SSSR count). The highest BCUT2D eigenvalue weighted by atomic mass is 16.5. The molecule has 4 atom stereocenters. The van der Waals surface area contributed by atoms with E-state index in [2.05, 4.69) is 69.2 Å². The van der Waals surface area contributed by atoms with E-state index in [1.165, 1.54) is 5.69 Å². The van der Waals surface area contributed by atoms with Crippen LogP contribution < -0.4 is 15.1 Å². The van der Waals surface area contributed by atoms with Gasteiger partial charge in [-0.25, -0.2) is 0 Å². The van der Waals surface area contributed by atoms with E-state index < -0.39 is 0 Å². The molecule has 186 valence electrons. The Kier molecular flexibility index (Phi) is 6.22. The van der Waals surface area contributed by atoms with E-state index in [1.807, 2.05) is 18.3 Å². The predicted molar refractivity (Wildman–Crippen MR) is 141 cm³/mol. The molecule has 1 N–H and O–H groups in total. The summed E-state index contributed by atoms with van der Waals surface area (Å²) in [7, 11) is 0. The third kappa shape index (κ3) is 4.28. The lowest BCUT2D eigenvalue weighted by molar-refractivity contribution is 0.0391. The molecule has 2 aromatic heterocycles. The third-order valence-electron chi connectivity index (χ3n) is 7.91. The first kappa shape index (κ1) is 23.2. The number of fused-ring (bicyclic) bond motifs is 5. The van der Waals surface area contributed by atoms with E-state index in [-0.39, 0.29) is 6.10 Å². The van der Waals surface area contributed by atoms with Crippen LogP contribution in [0.3, 0.4) is 0 Å². The van der Waals surface area contributed by atoms with E-state index in [0.29, 0.717) is 23.7 Å². The van der Waals surface area contributed by atoms with Crippen LogP contribution in [-0.2, 0) is 11.3 Å². The van der Waals surface area contributed by atoms with E-state index >= 15 is 0 Å². The van der Waals surface area contributed by atoms with Gasteiger partial charge in [-0.05, 0) is 50.2 Å². The summed E-state index contributed by atoms with van der Waals surface area (Å²) in [5, 5.41) is 14.0. The van der Waals surface area contributed by atoms with Crippen molar-refractivity contribution in [1.82, 2.24) is 20.2 Å². The Morgan fingerprint density at radius 1 is 1.06 bits per heavy atom. The average molecular weight is 484 g/mol. The zero-order valence-corrected chi connectivity index (χ0v) is 21.0. The van der Waals surface area contributed by atoms with Gasteiger partial charge in [-0.15, -0.1) is 0 Å². The van der Waals surface area contributed by atoms with Gasteiger partial charge in [-0.3, -0.25) is 14.9 Å². The molecule has 2 unspecified atom stereocenters. The molecule has 0 radical (unpaired) electrons. The van der Waals surface area contributed by atoms with Gasteiger partial charge in [0.2, 0.25) is 0 Å². The quantitative estimate of drug-likeness (QED) is 0.607. The SMILES string of the molecule is C[C@@H]1CN(c2ccc(C#N)c3ncccc23)C[C@H](C)N1Cc1ccc(N2CC3CNCC2CO3)cn1. The van der Waals surface area contributed by atoms with Crippen molar-refractivity contribution in [3.63, 3.8) is 0 Å². The molecule has 0 saturated carbocycles. The molecule has 4 fully saturated rings. The molecule has 0 aliphatic carbocycles. The highest BCUT2D eigenvalue weighted by Crippen LogP contribution is 2.31. The van der Waals surface area contributed by atoms with Crippen molar-refractivity contribution in [2.45, 2.75) is 44.6 Å². The lowest BCUT2D eigenvalue weighted by Crippen LogP contribution is -2.56. The van der Waals surface area contributed by atoms with Crippen LogP contribution >= 0.6 is 0 Å². The number of ether oxygens (including phenoxy) is 1. The Morgan fingerprint density at radius 2 is 1.92 bits per heavy atom. The van der Waals surface area contributed by atoms with Gasteiger partial charge in [0.15, 0.2) is 0 Å². The number of anilines is 2. The first-order valence-corrected chi connectivity index (χ1v) is 12.9. The molecule has 8 nitrogen and oxygen atoms in total. The number of nitriles is 1. The van der Waals surface area contributed by atoms with Crippen LogP contribution in [-0.4, -0.2) is 78.4 Å². The van der Waals surface area contributed by atoms with Gasteiger partial charge in [-0.2, -0.15) is 5.26 Å². The minimum Gasteiger partial charge on any atom is -0.373 e. The Morgan fingerprint density at radius 3 is 2.69 bits per heavy atom. The minimum atomic E-state index is 0.255. The van der Waals surface area contributed by atoms with Crippen LogP contribution in [0.15, 0.2) is 48.8 Å². The summed E-state index contributed by atoms with van der Waals surface area (Å²) < 4.78 is 5.92. The zero-order chi connectivity index (χ0) is 24.6. The maximum atomic E-state index is 9.50. The first-order valence-electron chi connectivity index (χ1n) is 12.9.